The van der Waals surface area contributed by atoms with Gasteiger partial charge >= 0.3 is 0 Å². The Hall–Kier alpha value is -2.01. The molecule has 0 saturated heterocycles. The second kappa shape index (κ2) is 6.96. The maximum atomic E-state index is 6.01. The van der Waals surface area contributed by atoms with Crippen LogP contribution in [-0.4, -0.2) is 30.2 Å². The molecule has 0 aliphatic rings. The monoisotopic (exact) mass is 292 g/mol. The van der Waals surface area contributed by atoms with Gasteiger partial charge in [0.25, 0.3) is 0 Å². The Bertz CT molecular complexity index is 577. The van der Waals surface area contributed by atoms with E-state index in [0.29, 0.717) is 29.9 Å². The Morgan fingerprint density at radius 1 is 1.35 bits per heavy atom. The average Bonchev–Trinajstić information content (AvgIpc) is 2.45. The maximum Gasteiger partial charge on any atom is 0.224 e. The molecule has 0 spiro atoms. The van der Waals surface area contributed by atoms with Gasteiger partial charge in [0, 0.05) is 7.05 Å². The van der Waals surface area contributed by atoms with E-state index in [1.807, 2.05) is 31.2 Å². The summed E-state index contributed by atoms with van der Waals surface area (Å²) in [6.45, 7) is 3.16. The SMILES string of the molecule is CNc1ncc(Cl)c(NCCOc2cccc(C)c2)n1. The van der Waals surface area contributed by atoms with Gasteiger partial charge in [-0.2, -0.15) is 4.98 Å². The summed E-state index contributed by atoms with van der Waals surface area (Å²) in [7, 11) is 1.76. The summed E-state index contributed by atoms with van der Waals surface area (Å²) < 4.78 is 5.64. The summed E-state index contributed by atoms with van der Waals surface area (Å²) in [5.74, 6) is 1.98. The van der Waals surface area contributed by atoms with Crippen LogP contribution < -0.4 is 15.4 Å². The van der Waals surface area contributed by atoms with Crippen molar-refractivity contribution in [2.75, 3.05) is 30.8 Å². The van der Waals surface area contributed by atoms with E-state index in [1.165, 1.54) is 5.56 Å². The van der Waals surface area contributed by atoms with Crippen LogP contribution in [-0.2, 0) is 0 Å². The fourth-order valence-electron chi connectivity index (χ4n) is 1.65. The van der Waals surface area contributed by atoms with Crippen LogP contribution in [0.15, 0.2) is 30.5 Å². The molecule has 2 N–H and O–H groups in total. The molecule has 2 rings (SSSR count). The van der Waals surface area contributed by atoms with Crippen molar-refractivity contribution in [3.63, 3.8) is 0 Å². The third kappa shape index (κ3) is 3.99. The largest absolute Gasteiger partial charge is 0.492 e. The van der Waals surface area contributed by atoms with Gasteiger partial charge in [0.1, 0.15) is 17.4 Å². The summed E-state index contributed by atoms with van der Waals surface area (Å²) in [5.41, 5.74) is 1.17. The van der Waals surface area contributed by atoms with Gasteiger partial charge in [-0.1, -0.05) is 23.7 Å². The van der Waals surface area contributed by atoms with Crippen molar-refractivity contribution in [3.05, 3.63) is 41.0 Å². The molecule has 106 valence electrons. The Morgan fingerprint density at radius 3 is 2.95 bits per heavy atom. The first kappa shape index (κ1) is 14.4. The van der Waals surface area contributed by atoms with Crippen LogP contribution in [0.5, 0.6) is 5.75 Å². The number of nitrogens with zero attached hydrogens (tertiary/aromatic N) is 2. The number of nitrogens with one attached hydrogen (secondary N) is 2. The molecule has 0 saturated carbocycles. The van der Waals surface area contributed by atoms with Gasteiger partial charge in [0.05, 0.1) is 12.7 Å². The third-order valence-electron chi connectivity index (χ3n) is 2.62. The van der Waals surface area contributed by atoms with Gasteiger partial charge in [-0.05, 0) is 24.6 Å². The van der Waals surface area contributed by atoms with Crippen LogP contribution >= 0.6 is 11.6 Å². The normalized spacial score (nSPS) is 10.2. The molecule has 1 aromatic heterocycles. The van der Waals surface area contributed by atoms with Crippen LogP contribution in [0.1, 0.15) is 5.56 Å². The predicted molar refractivity (Wildman–Crippen MR) is 81.8 cm³/mol. The highest BCUT2D eigenvalue weighted by Crippen LogP contribution is 2.19. The van der Waals surface area contributed by atoms with Gasteiger partial charge in [-0.25, -0.2) is 4.98 Å². The number of aromatic nitrogens is 2. The minimum absolute atomic E-state index is 0.486. The lowest BCUT2D eigenvalue weighted by atomic mass is 10.2. The number of anilines is 2. The van der Waals surface area contributed by atoms with Crippen LogP contribution in [0, 0.1) is 6.92 Å². The number of aryl methyl sites for hydroxylation is 1. The zero-order valence-electron chi connectivity index (χ0n) is 11.5. The lowest BCUT2D eigenvalue weighted by molar-refractivity contribution is 0.332. The highest BCUT2D eigenvalue weighted by Gasteiger charge is 2.03. The van der Waals surface area contributed by atoms with E-state index in [4.69, 9.17) is 16.3 Å². The molecule has 0 bridgehead atoms. The van der Waals surface area contributed by atoms with Gasteiger partial charge in [-0.15, -0.1) is 0 Å². The van der Waals surface area contributed by atoms with Gasteiger partial charge in [-0.3, -0.25) is 0 Å². The minimum Gasteiger partial charge on any atom is -0.492 e. The first-order chi connectivity index (χ1) is 9.69. The molecular weight excluding hydrogens is 276 g/mol. The summed E-state index contributed by atoms with van der Waals surface area (Å²) in [5, 5.41) is 6.48. The van der Waals surface area contributed by atoms with Crippen molar-refractivity contribution in [3.8, 4) is 5.75 Å². The van der Waals surface area contributed by atoms with E-state index in [1.54, 1.807) is 13.2 Å². The molecule has 0 unspecified atom stereocenters. The molecule has 5 nitrogen and oxygen atoms in total. The van der Waals surface area contributed by atoms with Crippen LogP contribution in [0.25, 0.3) is 0 Å². The van der Waals surface area contributed by atoms with Crippen LogP contribution in [0.4, 0.5) is 11.8 Å². The topological polar surface area (TPSA) is 59.1 Å². The quantitative estimate of drug-likeness (QED) is 0.802. The standard InChI is InChI=1S/C14H17ClN4O/c1-10-4-3-5-11(8-10)20-7-6-17-13-12(15)9-18-14(16-2)19-13/h3-5,8-9H,6-7H2,1-2H3,(H2,16,17,18,19). The molecule has 0 fully saturated rings. The van der Waals surface area contributed by atoms with Crippen molar-refractivity contribution in [2.45, 2.75) is 6.92 Å². The lowest BCUT2D eigenvalue weighted by Crippen LogP contribution is -2.13. The Morgan fingerprint density at radius 2 is 2.20 bits per heavy atom. The molecule has 0 aliphatic heterocycles. The summed E-state index contributed by atoms with van der Waals surface area (Å²) in [6.07, 6.45) is 1.56. The number of ether oxygens (including phenoxy) is 1. The van der Waals surface area contributed by atoms with E-state index >= 15 is 0 Å². The highest BCUT2D eigenvalue weighted by molar-refractivity contribution is 6.32. The van der Waals surface area contributed by atoms with Crippen molar-refractivity contribution < 1.29 is 4.74 Å². The molecule has 20 heavy (non-hydrogen) atoms. The Kier molecular flexibility index (Phi) is 5.01. The molecule has 0 amide bonds. The number of halogens is 1. The van der Waals surface area contributed by atoms with Crippen LogP contribution in [0.3, 0.4) is 0 Å². The number of hydrogen-bond acceptors (Lipinski definition) is 5. The lowest BCUT2D eigenvalue weighted by Gasteiger charge is -2.10. The summed E-state index contributed by atoms with van der Waals surface area (Å²) in [6, 6.07) is 7.93. The molecule has 0 atom stereocenters. The van der Waals surface area contributed by atoms with Gasteiger partial charge in [0.15, 0.2) is 5.82 Å². The van der Waals surface area contributed by atoms with Crippen molar-refractivity contribution >= 4 is 23.4 Å². The maximum absolute atomic E-state index is 6.01. The minimum atomic E-state index is 0.486. The molecule has 2 aromatic rings. The highest BCUT2D eigenvalue weighted by atomic mass is 35.5. The molecule has 1 heterocycles. The van der Waals surface area contributed by atoms with E-state index in [2.05, 4.69) is 20.6 Å². The predicted octanol–water partition coefficient (Wildman–Crippen LogP) is 2.97. The second-order valence-corrected chi connectivity index (χ2v) is 4.64. The smallest absolute Gasteiger partial charge is 0.224 e. The fraction of sp³-hybridized carbons (Fsp3) is 0.286. The number of rotatable bonds is 6. The molecule has 6 heteroatoms. The third-order valence-corrected chi connectivity index (χ3v) is 2.90. The number of benzene rings is 1. The van der Waals surface area contributed by atoms with Gasteiger partial charge < -0.3 is 15.4 Å². The Balaban J connectivity index is 1.84. The fourth-order valence-corrected chi connectivity index (χ4v) is 1.81. The first-order valence-corrected chi connectivity index (χ1v) is 6.70. The first-order valence-electron chi connectivity index (χ1n) is 6.32. The second-order valence-electron chi connectivity index (χ2n) is 4.23. The average molecular weight is 293 g/mol. The zero-order valence-corrected chi connectivity index (χ0v) is 12.2. The van der Waals surface area contributed by atoms with Crippen molar-refractivity contribution in [1.82, 2.24) is 9.97 Å². The van der Waals surface area contributed by atoms with E-state index < -0.39 is 0 Å². The number of hydrogen-bond donors (Lipinski definition) is 2. The van der Waals surface area contributed by atoms with E-state index in [9.17, 15) is 0 Å². The Labute approximate surface area is 123 Å². The summed E-state index contributed by atoms with van der Waals surface area (Å²) >= 11 is 6.01. The zero-order chi connectivity index (χ0) is 14.4. The molecule has 0 radical (unpaired) electrons. The van der Waals surface area contributed by atoms with E-state index in [-0.39, 0.29) is 0 Å². The van der Waals surface area contributed by atoms with Crippen molar-refractivity contribution in [1.29, 1.82) is 0 Å². The van der Waals surface area contributed by atoms with Crippen LogP contribution in [0.2, 0.25) is 5.02 Å². The van der Waals surface area contributed by atoms with Crippen molar-refractivity contribution in [2.24, 2.45) is 0 Å². The summed E-state index contributed by atoms with van der Waals surface area (Å²) in [4.78, 5) is 8.25. The van der Waals surface area contributed by atoms with E-state index in [0.717, 1.165) is 5.75 Å². The molecule has 1 aromatic carbocycles. The van der Waals surface area contributed by atoms with Gasteiger partial charge in [0.2, 0.25) is 5.95 Å². The molecular formula is C14H17ClN4O. The molecule has 0 aliphatic carbocycles.